The third kappa shape index (κ3) is 7.63. The number of nitrogens with zero attached hydrogens (tertiary/aromatic N) is 3. The first kappa shape index (κ1) is 29.6. The van der Waals surface area contributed by atoms with Gasteiger partial charge in [0.2, 0.25) is 0 Å². The smallest absolute Gasteiger partial charge is 0.407 e. The fraction of sp³-hybridized carbons (Fsp3) is 0.483. The van der Waals surface area contributed by atoms with E-state index in [1.807, 2.05) is 26.8 Å². The zero-order chi connectivity index (χ0) is 28.9. The van der Waals surface area contributed by atoms with Crippen LogP contribution in [0.5, 0.6) is 11.5 Å². The number of hydrogen-bond donors (Lipinski definition) is 2. The minimum Gasteiger partial charge on any atom is -0.493 e. The van der Waals surface area contributed by atoms with Crippen molar-refractivity contribution >= 4 is 40.1 Å². The van der Waals surface area contributed by atoms with Gasteiger partial charge in [0.05, 0.1) is 29.4 Å². The number of methoxy groups -OCH3 is 1. The van der Waals surface area contributed by atoms with Crippen molar-refractivity contribution in [3.63, 3.8) is 0 Å². The van der Waals surface area contributed by atoms with Gasteiger partial charge < -0.3 is 29.7 Å². The van der Waals surface area contributed by atoms with E-state index in [9.17, 15) is 9.18 Å². The maximum atomic E-state index is 14.5. The summed E-state index contributed by atoms with van der Waals surface area (Å²) in [5.74, 6) is 1.03. The molecule has 0 atom stereocenters. The van der Waals surface area contributed by atoms with Crippen LogP contribution >= 0.6 is 11.6 Å². The molecule has 1 fully saturated rings. The van der Waals surface area contributed by atoms with Gasteiger partial charge in [0, 0.05) is 30.6 Å². The highest BCUT2D eigenvalue weighted by Crippen LogP contribution is 2.37. The Balaban J connectivity index is 1.38. The number of amides is 1. The number of alkyl carbamates (subject to hydrolysis) is 1. The number of anilines is 2. The summed E-state index contributed by atoms with van der Waals surface area (Å²) in [7, 11) is 3.67. The molecule has 1 aliphatic carbocycles. The Morgan fingerprint density at radius 3 is 2.60 bits per heavy atom. The van der Waals surface area contributed by atoms with Crippen LogP contribution in [0.3, 0.4) is 0 Å². The van der Waals surface area contributed by atoms with Crippen molar-refractivity contribution in [1.82, 2.24) is 20.2 Å². The number of carbonyl (C=O) groups is 1. The molecule has 216 valence electrons. The predicted octanol–water partition coefficient (Wildman–Crippen LogP) is 6.32. The van der Waals surface area contributed by atoms with Gasteiger partial charge in [0.15, 0.2) is 17.3 Å². The molecule has 11 heteroatoms. The normalized spacial score (nSPS) is 17.5. The maximum Gasteiger partial charge on any atom is 0.407 e. The zero-order valence-electron chi connectivity index (χ0n) is 23.6. The van der Waals surface area contributed by atoms with Crippen molar-refractivity contribution in [2.45, 2.75) is 64.2 Å². The van der Waals surface area contributed by atoms with E-state index in [4.69, 9.17) is 25.8 Å². The number of aromatic nitrogens is 2. The number of likely N-dealkylation sites (N-methyl/N-ethyl adjacent to an activating group) is 1. The van der Waals surface area contributed by atoms with Crippen LogP contribution in [0, 0.1) is 5.82 Å². The first-order valence-corrected chi connectivity index (χ1v) is 13.8. The number of benzene rings is 2. The molecule has 40 heavy (non-hydrogen) atoms. The van der Waals surface area contributed by atoms with Crippen LogP contribution in [0.2, 0.25) is 5.02 Å². The van der Waals surface area contributed by atoms with Gasteiger partial charge in [-0.3, -0.25) is 0 Å². The molecule has 1 aliphatic rings. The lowest BCUT2D eigenvalue weighted by molar-refractivity contribution is 0.0515. The van der Waals surface area contributed by atoms with Crippen LogP contribution in [0.15, 0.2) is 36.7 Å². The number of fused-ring (bicyclic) bond motifs is 1. The van der Waals surface area contributed by atoms with Crippen molar-refractivity contribution in [1.29, 1.82) is 0 Å². The molecule has 0 saturated heterocycles. The molecule has 2 aromatic carbocycles. The third-order valence-electron chi connectivity index (χ3n) is 6.82. The Labute approximate surface area is 239 Å². The Bertz CT molecular complexity index is 1330. The van der Waals surface area contributed by atoms with Crippen LogP contribution in [-0.4, -0.2) is 66.0 Å². The van der Waals surface area contributed by atoms with Crippen LogP contribution in [0.1, 0.15) is 46.5 Å². The van der Waals surface area contributed by atoms with E-state index in [1.54, 1.807) is 25.3 Å². The van der Waals surface area contributed by atoms with Crippen LogP contribution in [0.25, 0.3) is 10.9 Å². The number of halogens is 2. The molecule has 3 aromatic rings. The SMILES string of the molecule is COc1cc2ncnc(Nc3cccc(Cl)c3F)c2cc1OC1CCC(N(C)CCNC(=O)OC(C)(C)C)CC1. The van der Waals surface area contributed by atoms with Crippen LogP contribution < -0.4 is 20.1 Å². The Morgan fingerprint density at radius 1 is 1.15 bits per heavy atom. The highest BCUT2D eigenvalue weighted by atomic mass is 35.5. The highest BCUT2D eigenvalue weighted by molar-refractivity contribution is 6.31. The summed E-state index contributed by atoms with van der Waals surface area (Å²) < 4.78 is 31.9. The first-order valence-electron chi connectivity index (χ1n) is 13.4. The van der Waals surface area contributed by atoms with Crippen LogP contribution in [-0.2, 0) is 4.74 Å². The molecule has 0 spiro atoms. The van der Waals surface area contributed by atoms with E-state index in [2.05, 4.69) is 32.5 Å². The van der Waals surface area contributed by atoms with Crippen molar-refractivity contribution in [3.8, 4) is 11.5 Å². The van der Waals surface area contributed by atoms with E-state index in [0.29, 0.717) is 40.8 Å². The van der Waals surface area contributed by atoms with Crippen molar-refractivity contribution < 1.29 is 23.4 Å². The molecule has 1 aromatic heterocycles. The minimum atomic E-state index is -0.553. The number of carbonyl (C=O) groups excluding carboxylic acids is 1. The van der Waals surface area contributed by atoms with Gasteiger partial charge in [-0.05, 0) is 71.7 Å². The van der Waals surface area contributed by atoms with E-state index in [0.717, 1.165) is 32.2 Å². The van der Waals surface area contributed by atoms with Gasteiger partial charge >= 0.3 is 6.09 Å². The summed E-state index contributed by atoms with van der Waals surface area (Å²) in [6.07, 6.45) is 4.71. The second-order valence-corrected chi connectivity index (χ2v) is 11.3. The van der Waals surface area contributed by atoms with Gasteiger partial charge in [0.25, 0.3) is 0 Å². The molecular formula is C29H37ClFN5O4. The summed E-state index contributed by atoms with van der Waals surface area (Å²) >= 11 is 5.95. The lowest BCUT2D eigenvalue weighted by Gasteiger charge is -2.35. The Hall–Kier alpha value is -3.37. The number of rotatable bonds is 9. The van der Waals surface area contributed by atoms with E-state index < -0.39 is 17.5 Å². The molecular weight excluding hydrogens is 537 g/mol. The molecule has 2 N–H and O–H groups in total. The quantitative estimate of drug-likeness (QED) is 0.307. The third-order valence-corrected chi connectivity index (χ3v) is 7.11. The number of ether oxygens (including phenoxy) is 3. The highest BCUT2D eigenvalue weighted by Gasteiger charge is 2.26. The summed E-state index contributed by atoms with van der Waals surface area (Å²) in [5.41, 5.74) is 0.338. The van der Waals surface area contributed by atoms with E-state index >= 15 is 0 Å². The predicted molar refractivity (Wildman–Crippen MR) is 154 cm³/mol. The summed E-state index contributed by atoms with van der Waals surface area (Å²) in [6, 6.07) is 8.78. The lowest BCUT2D eigenvalue weighted by atomic mass is 9.92. The fourth-order valence-corrected chi connectivity index (χ4v) is 4.93. The average molecular weight is 574 g/mol. The minimum absolute atomic E-state index is 0.0160. The second kappa shape index (κ2) is 12.9. The molecule has 4 rings (SSSR count). The molecule has 0 bridgehead atoms. The van der Waals surface area contributed by atoms with Crippen molar-refractivity contribution in [3.05, 3.63) is 47.5 Å². The van der Waals surface area contributed by atoms with Gasteiger partial charge in [-0.25, -0.2) is 19.2 Å². The maximum absolute atomic E-state index is 14.5. The van der Waals surface area contributed by atoms with Gasteiger partial charge in [-0.1, -0.05) is 17.7 Å². The van der Waals surface area contributed by atoms with Crippen LogP contribution in [0.4, 0.5) is 20.7 Å². The summed E-state index contributed by atoms with van der Waals surface area (Å²) in [5, 5.41) is 6.54. The van der Waals surface area contributed by atoms with E-state index in [-0.39, 0.29) is 16.8 Å². The molecule has 0 aliphatic heterocycles. The zero-order valence-corrected chi connectivity index (χ0v) is 24.3. The average Bonchev–Trinajstić information content (AvgIpc) is 2.90. The van der Waals surface area contributed by atoms with Crippen molar-refractivity contribution in [2.24, 2.45) is 0 Å². The summed E-state index contributed by atoms with van der Waals surface area (Å²) in [4.78, 5) is 22.9. The van der Waals surface area contributed by atoms with E-state index in [1.165, 1.54) is 12.4 Å². The topological polar surface area (TPSA) is 97.8 Å². The molecule has 1 amide bonds. The van der Waals surface area contributed by atoms with Crippen molar-refractivity contribution in [2.75, 3.05) is 32.6 Å². The summed E-state index contributed by atoms with van der Waals surface area (Å²) in [6.45, 7) is 6.79. The standard InChI is InChI=1S/C29H37ClFN5O4/c1-29(2,3)40-28(37)32-13-14-36(4)18-9-11-19(12-10-18)39-25-15-20-23(16-24(25)38-5)33-17-34-27(20)35-22-8-6-7-21(30)26(22)31/h6-8,15-19H,9-14H2,1-5H3,(H,32,37)(H,33,34,35). The molecule has 1 heterocycles. The Kier molecular flexibility index (Phi) is 9.52. The van der Waals surface area contributed by atoms with Gasteiger partial charge in [-0.15, -0.1) is 0 Å². The Morgan fingerprint density at radius 2 is 1.90 bits per heavy atom. The van der Waals surface area contributed by atoms with Gasteiger partial charge in [-0.2, -0.15) is 0 Å². The first-order chi connectivity index (χ1) is 19.0. The number of nitrogens with one attached hydrogen (secondary N) is 2. The lowest BCUT2D eigenvalue weighted by Crippen LogP contribution is -2.42. The number of hydrogen-bond acceptors (Lipinski definition) is 8. The largest absolute Gasteiger partial charge is 0.493 e. The molecule has 9 nitrogen and oxygen atoms in total. The monoisotopic (exact) mass is 573 g/mol. The molecule has 0 radical (unpaired) electrons. The van der Waals surface area contributed by atoms with Gasteiger partial charge in [0.1, 0.15) is 17.7 Å². The second-order valence-electron chi connectivity index (χ2n) is 10.9. The fourth-order valence-electron chi connectivity index (χ4n) is 4.76. The molecule has 1 saturated carbocycles. The molecule has 0 unspecified atom stereocenters.